The number of anilines is 3. The molecule has 0 aliphatic carbocycles. The lowest BCUT2D eigenvalue weighted by Crippen LogP contribution is -2.32. The number of amides is 4. The molecule has 17 nitrogen and oxygen atoms in total. The van der Waals surface area contributed by atoms with Crippen LogP contribution in [0.15, 0.2) is 176 Å². The Morgan fingerprint density at radius 2 is 0.883 bits per heavy atom. The van der Waals surface area contributed by atoms with Crippen LogP contribution in [-0.4, -0.2) is 82.2 Å². The Bertz CT molecular complexity index is 3020. The number of esters is 3. The molecule has 5 N–H and O–H groups in total. The summed E-state index contributed by atoms with van der Waals surface area (Å²) in [6, 6.07) is 45.4. The molecule has 0 aliphatic rings. The first-order valence-electron chi connectivity index (χ1n) is 23.0. The maximum absolute atomic E-state index is 12.9. The van der Waals surface area contributed by atoms with Gasteiger partial charge in [-0.3, -0.25) is 19.2 Å². The van der Waals surface area contributed by atoms with Crippen molar-refractivity contribution in [2.24, 2.45) is 5.73 Å². The summed E-state index contributed by atoms with van der Waals surface area (Å²) in [6.45, 7) is 1.47. The van der Waals surface area contributed by atoms with Crippen molar-refractivity contribution in [3.8, 4) is 17.2 Å². The Morgan fingerprint density at radius 1 is 0.481 bits per heavy atom. The van der Waals surface area contributed by atoms with E-state index in [1.807, 2.05) is 13.0 Å². The van der Waals surface area contributed by atoms with E-state index >= 15 is 0 Å². The topological polar surface area (TPSA) is 237 Å². The first kappa shape index (κ1) is 59.9. The molecule has 1 unspecified atom stereocenters. The minimum Gasteiger partial charge on any atom is -0.484 e. The van der Waals surface area contributed by atoms with E-state index in [0.29, 0.717) is 68.0 Å². The highest BCUT2D eigenvalue weighted by Gasteiger charge is 2.19. The molecule has 0 aliphatic heterocycles. The second-order valence-electron chi connectivity index (χ2n) is 15.5. The lowest BCUT2D eigenvalue weighted by Gasteiger charge is -2.17. The molecule has 0 spiro atoms. The molecule has 77 heavy (non-hydrogen) atoms. The van der Waals surface area contributed by atoms with Gasteiger partial charge in [-0.25, -0.2) is 23.2 Å². The number of carbonyl (C=O) groups excluding carboxylic acids is 7. The van der Waals surface area contributed by atoms with Crippen LogP contribution < -0.4 is 35.9 Å². The monoisotopic (exact) mass is 1070 g/mol. The van der Waals surface area contributed by atoms with Crippen LogP contribution in [0.25, 0.3) is 0 Å². The fourth-order valence-corrected chi connectivity index (χ4v) is 6.22. The third-order valence-corrected chi connectivity index (χ3v) is 10.1. The normalized spacial score (nSPS) is 10.3. The largest absolute Gasteiger partial charge is 0.484 e. The average molecular weight is 1080 g/mol. The van der Waals surface area contributed by atoms with Crippen LogP contribution in [0.5, 0.6) is 17.2 Å². The van der Waals surface area contributed by atoms with Gasteiger partial charge < -0.3 is 50.1 Å². The number of carbonyl (C=O) groups is 7. The fourth-order valence-electron chi connectivity index (χ4n) is 6.03. The average Bonchev–Trinajstić information content (AvgIpc) is 3.45. The molecular weight excluding hydrogens is 1020 g/mol. The lowest BCUT2D eigenvalue weighted by molar-refractivity contribution is -0.123. The zero-order chi connectivity index (χ0) is 56.1. The third kappa shape index (κ3) is 21.8. The predicted octanol–water partition coefficient (Wildman–Crippen LogP) is 9.97. The summed E-state index contributed by atoms with van der Waals surface area (Å²) in [4.78, 5) is 80.1. The zero-order valence-corrected chi connectivity index (χ0v) is 42.7. The Kier molecular flexibility index (Phi) is 24.8. The van der Waals surface area contributed by atoms with Gasteiger partial charge in [-0.2, -0.15) is 0 Å². The van der Waals surface area contributed by atoms with Crippen molar-refractivity contribution in [1.82, 2.24) is 0 Å². The van der Waals surface area contributed by atoms with E-state index in [2.05, 4.69) is 30.2 Å². The van der Waals surface area contributed by atoms with Crippen molar-refractivity contribution in [2.45, 2.75) is 19.4 Å². The Balaban J connectivity index is 0.000000230. The van der Waals surface area contributed by atoms with Crippen LogP contribution in [-0.2, 0) is 28.6 Å². The molecule has 7 aromatic carbocycles. The summed E-state index contributed by atoms with van der Waals surface area (Å²) in [7, 11) is 3.92. The minimum absolute atomic E-state index is 0.149. The highest BCUT2D eigenvalue weighted by Crippen LogP contribution is 2.19. The lowest BCUT2D eigenvalue weighted by atomic mass is 10.2. The van der Waals surface area contributed by atoms with Crippen LogP contribution in [0.3, 0.4) is 0 Å². The van der Waals surface area contributed by atoms with Gasteiger partial charge in [0.25, 0.3) is 17.7 Å². The summed E-state index contributed by atoms with van der Waals surface area (Å²) >= 11 is 5.83. The zero-order valence-electron chi connectivity index (χ0n) is 42.0. The van der Waals surface area contributed by atoms with Crippen LogP contribution in [0.4, 0.5) is 25.8 Å². The second kappa shape index (κ2) is 31.9. The molecular formula is C57H53ClF2N4O13. The Hall–Kier alpha value is -9.62. The van der Waals surface area contributed by atoms with Crippen molar-refractivity contribution in [1.29, 1.82) is 0 Å². The van der Waals surface area contributed by atoms with Gasteiger partial charge >= 0.3 is 17.9 Å². The number of hydrogen-bond donors (Lipinski definition) is 4. The van der Waals surface area contributed by atoms with Crippen LogP contribution in [0, 0.1) is 11.6 Å². The summed E-state index contributed by atoms with van der Waals surface area (Å²) in [5, 5.41) is 8.46. The van der Waals surface area contributed by atoms with Gasteiger partial charge in [0.1, 0.15) is 28.9 Å². The number of methoxy groups -OCH3 is 3. The molecule has 400 valence electrons. The van der Waals surface area contributed by atoms with Crippen LogP contribution in [0.2, 0.25) is 5.02 Å². The van der Waals surface area contributed by atoms with Crippen molar-refractivity contribution < 1.29 is 70.8 Å². The summed E-state index contributed by atoms with van der Waals surface area (Å²) < 4.78 is 55.7. The molecule has 7 aromatic rings. The summed E-state index contributed by atoms with van der Waals surface area (Å²) in [5.74, 6) is -2.06. The van der Waals surface area contributed by atoms with Crippen molar-refractivity contribution >= 4 is 70.2 Å². The molecule has 7 rings (SSSR count). The predicted molar refractivity (Wildman–Crippen MR) is 284 cm³/mol. The first-order valence-corrected chi connectivity index (χ1v) is 23.4. The number of ether oxygens (including phenoxy) is 6. The third-order valence-electron chi connectivity index (χ3n) is 9.91. The van der Waals surface area contributed by atoms with E-state index < -0.39 is 24.0 Å². The van der Waals surface area contributed by atoms with Gasteiger partial charge in [0, 0.05) is 27.6 Å². The quantitative estimate of drug-likeness (QED) is 0.0491. The maximum Gasteiger partial charge on any atom is 0.337 e. The number of benzene rings is 7. The summed E-state index contributed by atoms with van der Waals surface area (Å²) in [6.07, 6.45) is -0.259. The fraction of sp³-hybridized carbons (Fsp3) is 0.140. The van der Waals surface area contributed by atoms with E-state index in [1.54, 1.807) is 121 Å². The molecule has 20 heteroatoms. The highest BCUT2D eigenvalue weighted by atomic mass is 35.5. The number of halogens is 3. The molecule has 0 bridgehead atoms. The van der Waals surface area contributed by atoms with Gasteiger partial charge in [0.05, 0.1) is 38.0 Å². The molecule has 0 aromatic heterocycles. The van der Waals surface area contributed by atoms with E-state index in [9.17, 15) is 42.3 Å². The van der Waals surface area contributed by atoms with Gasteiger partial charge in [0.15, 0.2) is 19.3 Å². The number of nitrogens with one attached hydrogen (secondary N) is 3. The molecule has 0 fully saturated rings. The summed E-state index contributed by atoms with van der Waals surface area (Å²) in [5.41, 5.74) is 8.31. The van der Waals surface area contributed by atoms with Crippen molar-refractivity contribution in [3.05, 3.63) is 215 Å². The maximum atomic E-state index is 12.9. The minimum atomic E-state index is -0.709. The SMILES string of the molecule is CCC(Oc1ccc(C(=O)OC)cc1)C(=O)Nc1ccc(F)cc1.COC(=O)c1ccc(OCC(=O)Nc2ccc(F)cc2)cc1.COC(=O)c1ccc(OCC(=O)Nc2cccc(Cl)c2)cc1.NC(=O)c1ccccc1. The molecule has 0 saturated carbocycles. The van der Waals surface area contributed by atoms with E-state index in [-0.39, 0.29) is 48.5 Å². The number of hydrogen-bond acceptors (Lipinski definition) is 13. The molecule has 1 atom stereocenters. The molecule has 0 heterocycles. The second-order valence-corrected chi connectivity index (χ2v) is 15.9. The van der Waals surface area contributed by atoms with Crippen LogP contribution >= 0.6 is 11.6 Å². The van der Waals surface area contributed by atoms with Gasteiger partial charge in [-0.1, -0.05) is 42.8 Å². The standard InChI is InChI=1S/C18H18FNO4.C16H14ClNO4.C16H14FNO4.C7H7NO/c1-3-16(17(21)20-14-8-6-13(19)7-9-14)24-15-10-4-12(5-11-15)18(22)23-2;1-21-16(20)11-5-7-14(8-6-11)22-10-15(19)18-13-4-2-3-12(17)9-13;1-21-16(20)11-2-8-14(9-3-11)22-10-15(19)18-13-6-4-12(17)5-7-13;8-7(9)6-4-2-1-3-5-6/h4-11,16H,3H2,1-2H3,(H,20,21);2*2-9H,10H2,1H3,(H,18,19);1-5H,(H2,8,9). The van der Waals surface area contributed by atoms with Crippen molar-refractivity contribution in [2.75, 3.05) is 50.5 Å². The smallest absolute Gasteiger partial charge is 0.337 e. The number of nitrogens with two attached hydrogens (primary N) is 1. The van der Waals surface area contributed by atoms with Crippen LogP contribution in [0.1, 0.15) is 54.8 Å². The molecule has 4 amide bonds. The Labute approximate surface area is 447 Å². The van der Waals surface area contributed by atoms with Gasteiger partial charge in [-0.15, -0.1) is 0 Å². The van der Waals surface area contributed by atoms with E-state index in [0.717, 1.165) is 0 Å². The highest BCUT2D eigenvalue weighted by molar-refractivity contribution is 6.30. The number of primary amides is 1. The van der Waals surface area contributed by atoms with E-state index in [1.165, 1.54) is 69.9 Å². The van der Waals surface area contributed by atoms with Gasteiger partial charge in [0.2, 0.25) is 5.91 Å². The first-order chi connectivity index (χ1) is 37.0. The number of rotatable bonds is 17. The molecule has 0 radical (unpaired) electrons. The van der Waals surface area contributed by atoms with Crippen molar-refractivity contribution in [3.63, 3.8) is 0 Å². The van der Waals surface area contributed by atoms with E-state index in [4.69, 9.17) is 31.5 Å². The van der Waals surface area contributed by atoms with Gasteiger partial charge in [-0.05, 0) is 158 Å². The Morgan fingerprint density at radius 3 is 1.26 bits per heavy atom. The molecule has 0 saturated heterocycles.